The van der Waals surface area contributed by atoms with Gasteiger partial charge in [-0.2, -0.15) is 5.10 Å². The fourth-order valence-corrected chi connectivity index (χ4v) is 5.95. The van der Waals surface area contributed by atoms with Gasteiger partial charge in [-0.05, 0) is 56.3 Å². The van der Waals surface area contributed by atoms with E-state index in [0.717, 1.165) is 37.0 Å². The van der Waals surface area contributed by atoms with E-state index >= 15 is 0 Å². The maximum absolute atomic E-state index is 13.2. The summed E-state index contributed by atoms with van der Waals surface area (Å²) in [6.07, 6.45) is 10.1. The average Bonchev–Trinajstić information content (AvgIpc) is 2.91. The highest BCUT2D eigenvalue weighted by Crippen LogP contribution is 2.60. The second-order valence-corrected chi connectivity index (χ2v) is 8.30. The molecule has 0 amide bonds. The highest BCUT2D eigenvalue weighted by atomic mass is 16.1. The number of Topliss-reactive ketones (excluding diaryl/α,β-unsaturated/α-hetero) is 1. The number of hydrogen-bond donors (Lipinski definition) is 0. The molecular weight excluding hydrogens is 304 g/mol. The van der Waals surface area contributed by atoms with E-state index in [9.17, 15) is 9.59 Å². The average molecular weight is 326 g/mol. The van der Waals surface area contributed by atoms with Crippen LogP contribution in [0.1, 0.15) is 38.5 Å². The molecule has 0 radical (unpaired) electrons. The third-order valence-electron chi connectivity index (χ3n) is 6.66. The first-order valence-electron chi connectivity index (χ1n) is 8.94. The summed E-state index contributed by atoms with van der Waals surface area (Å²) in [7, 11) is 1.76. The minimum atomic E-state index is -0.169. The molecule has 6 heteroatoms. The van der Waals surface area contributed by atoms with Gasteiger partial charge in [0.1, 0.15) is 11.7 Å². The van der Waals surface area contributed by atoms with Crippen LogP contribution in [0, 0.1) is 23.2 Å². The molecule has 6 nitrogen and oxygen atoms in total. The zero-order chi connectivity index (χ0) is 16.5. The normalized spacial score (nSPS) is 34.1. The number of carbonyl (C=O) groups excluding carboxylic acids is 1. The molecule has 2 aromatic heterocycles. The van der Waals surface area contributed by atoms with Gasteiger partial charge in [0, 0.05) is 12.5 Å². The van der Waals surface area contributed by atoms with Gasteiger partial charge >= 0.3 is 0 Å². The molecule has 24 heavy (non-hydrogen) atoms. The first-order chi connectivity index (χ1) is 11.5. The molecule has 0 saturated heterocycles. The Hall–Kier alpha value is -1.98. The fourth-order valence-electron chi connectivity index (χ4n) is 5.95. The topological polar surface area (TPSA) is 69.8 Å². The third-order valence-corrected chi connectivity index (χ3v) is 6.66. The molecule has 6 rings (SSSR count). The van der Waals surface area contributed by atoms with Crippen LogP contribution in [0.2, 0.25) is 0 Å². The SMILES string of the molecule is Cn1ncc2c(=O)n(CC(=O)C34CC5CC(CC(C5)C3)C4)cnc21. The number of carbonyl (C=O) groups is 1. The molecule has 4 bridgehead atoms. The van der Waals surface area contributed by atoms with Crippen LogP contribution >= 0.6 is 0 Å². The summed E-state index contributed by atoms with van der Waals surface area (Å²) in [6.45, 7) is 0.156. The van der Waals surface area contributed by atoms with Crippen LogP contribution in [0.3, 0.4) is 0 Å². The zero-order valence-corrected chi connectivity index (χ0v) is 13.9. The van der Waals surface area contributed by atoms with E-state index in [1.165, 1.54) is 36.4 Å². The summed E-state index contributed by atoms with van der Waals surface area (Å²) in [5.74, 6) is 2.44. The summed E-state index contributed by atoms with van der Waals surface area (Å²) < 4.78 is 3.06. The Labute approximate surface area is 139 Å². The molecule has 0 N–H and O–H groups in total. The Bertz CT molecular complexity index is 859. The van der Waals surface area contributed by atoms with Crippen molar-refractivity contribution in [1.29, 1.82) is 0 Å². The van der Waals surface area contributed by atoms with E-state index < -0.39 is 0 Å². The molecule has 0 unspecified atom stereocenters. The first-order valence-corrected chi connectivity index (χ1v) is 8.94. The van der Waals surface area contributed by atoms with Gasteiger partial charge < -0.3 is 0 Å². The zero-order valence-electron chi connectivity index (χ0n) is 13.9. The van der Waals surface area contributed by atoms with Crippen LogP contribution in [0.25, 0.3) is 11.0 Å². The summed E-state index contributed by atoms with van der Waals surface area (Å²) in [5.41, 5.74) is 0.239. The van der Waals surface area contributed by atoms with Crippen molar-refractivity contribution >= 4 is 16.8 Å². The third kappa shape index (κ3) is 1.95. The quantitative estimate of drug-likeness (QED) is 0.864. The van der Waals surface area contributed by atoms with Gasteiger partial charge in [0.2, 0.25) is 0 Å². The van der Waals surface area contributed by atoms with Gasteiger partial charge in [0.05, 0.1) is 12.7 Å². The standard InChI is InChI=1S/C18H22N4O2/c1-21-16-14(8-20-21)17(24)22(10-19-16)9-15(23)18-5-11-2-12(6-18)4-13(3-11)7-18/h8,10-13H,2-7,9H2,1H3. The molecule has 0 spiro atoms. The van der Waals surface area contributed by atoms with Crippen molar-refractivity contribution < 1.29 is 4.79 Å². The highest BCUT2D eigenvalue weighted by molar-refractivity contribution is 5.85. The number of aromatic nitrogens is 4. The van der Waals surface area contributed by atoms with E-state index in [4.69, 9.17) is 0 Å². The maximum Gasteiger partial charge on any atom is 0.264 e. The monoisotopic (exact) mass is 326 g/mol. The first kappa shape index (κ1) is 14.4. The molecule has 4 fully saturated rings. The lowest BCUT2D eigenvalue weighted by molar-refractivity contribution is -0.144. The number of aryl methyl sites for hydroxylation is 1. The molecule has 2 heterocycles. The lowest BCUT2D eigenvalue weighted by Gasteiger charge is -2.56. The number of hydrogen-bond acceptors (Lipinski definition) is 4. The van der Waals surface area contributed by atoms with Crippen molar-refractivity contribution in [2.24, 2.45) is 30.2 Å². The summed E-state index contributed by atoms with van der Waals surface area (Å²) in [4.78, 5) is 30.1. The second kappa shape index (κ2) is 4.77. The van der Waals surface area contributed by atoms with E-state index in [2.05, 4.69) is 10.1 Å². The Kier molecular flexibility index (Phi) is 2.86. The molecule has 0 aliphatic heterocycles. The fraction of sp³-hybridized carbons (Fsp3) is 0.667. The molecule has 4 saturated carbocycles. The van der Waals surface area contributed by atoms with Crippen molar-refractivity contribution in [2.75, 3.05) is 0 Å². The van der Waals surface area contributed by atoms with Gasteiger partial charge in [0.15, 0.2) is 11.4 Å². The number of ketones is 1. The van der Waals surface area contributed by atoms with Crippen molar-refractivity contribution in [3.05, 3.63) is 22.9 Å². The molecule has 4 aliphatic carbocycles. The number of fused-ring (bicyclic) bond motifs is 1. The smallest absolute Gasteiger partial charge is 0.264 e. The molecule has 126 valence electrons. The van der Waals surface area contributed by atoms with Crippen molar-refractivity contribution in [1.82, 2.24) is 19.3 Å². The van der Waals surface area contributed by atoms with Crippen LogP contribution in [0.15, 0.2) is 17.3 Å². The number of rotatable bonds is 3. The van der Waals surface area contributed by atoms with Crippen LogP contribution in [-0.4, -0.2) is 25.1 Å². The minimum absolute atomic E-state index is 0.156. The van der Waals surface area contributed by atoms with E-state index in [1.807, 2.05) is 0 Å². The molecule has 4 aliphatic rings. The van der Waals surface area contributed by atoms with Crippen LogP contribution in [0.5, 0.6) is 0 Å². The van der Waals surface area contributed by atoms with Crippen molar-refractivity contribution in [2.45, 2.75) is 45.1 Å². The lowest BCUT2D eigenvalue weighted by Crippen LogP contribution is -2.51. The Morgan fingerprint density at radius 2 is 1.83 bits per heavy atom. The Morgan fingerprint density at radius 3 is 2.46 bits per heavy atom. The van der Waals surface area contributed by atoms with Gasteiger partial charge in [-0.15, -0.1) is 0 Å². The van der Waals surface area contributed by atoms with Crippen molar-refractivity contribution in [3.63, 3.8) is 0 Å². The Morgan fingerprint density at radius 1 is 1.21 bits per heavy atom. The van der Waals surface area contributed by atoms with Crippen LogP contribution < -0.4 is 5.56 Å². The number of nitrogens with zero attached hydrogens (tertiary/aromatic N) is 4. The minimum Gasteiger partial charge on any atom is -0.297 e. The predicted molar refractivity (Wildman–Crippen MR) is 88.4 cm³/mol. The predicted octanol–water partition coefficient (Wildman–Crippen LogP) is 1.92. The lowest BCUT2D eigenvalue weighted by atomic mass is 9.48. The second-order valence-electron chi connectivity index (χ2n) is 8.30. The molecular formula is C18H22N4O2. The summed E-state index contributed by atoms with van der Waals surface area (Å²) >= 11 is 0. The largest absolute Gasteiger partial charge is 0.297 e. The Balaban J connectivity index is 1.47. The molecule has 0 aromatic carbocycles. The molecule has 2 aromatic rings. The van der Waals surface area contributed by atoms with Gasteiger partial charge in [-0.25, -0.2) is 4.98 Å². The van der Waals surface area contributed by atoms with Crippen LogP contribution in [-0.2, 0) is 18.4 Å². The summed E-state index contributed by atoms with van der Waals surface area (Å²) in [6, 6.07) is 0. The van der Waals surface area contributed by atoms with E-state index in [1.54, 1.807) is 11.7 Å². The highest BCUT2D eigenvalue weighted by Gasteiger charge is 2.54. The van der Waals surface area contributed by atoms with Crippen LogP contribution in [0.4, 0.5) is 0 Å². The molecule has 0 atom stereocenters. The summed E-state index contributed by atoms with van der Waals surface area (Å²) in [5, 5.41) is 4.57. The van der Waals surface area contributed by atoms with Crippen molar-refractivity contribution in [3.8, 4) is 0 Å². The van der Waals surface area contributed by atoms with Gasteiger partial charge in [-0.1, -0.05) is 0 Å². The van der Waals surface area contributed by atoms with Gasteiger partial charge in [-0.3, -0.25) is 18.8 Å². The van der Waals surface area contributed by atoms with E-state index in [-0.39, 0.29) is 23.3 Å². The van der Waals surface area contributed by atoms with Gasteiger partial charge in [0.25, 0.3) is 5.56 Å². The van der Waals surface area contributed by atoms with E-state index in [0.29, 0.717) is 11.0 Å². The maximum atomic E-state index is 13.2.